The zero-order chi connectivity index (χ0) is 15.2. The van der Waals surface area contributed by atoms with Gasteiger partial charge in [-0.2, -0.15) is 0 Å². The Morgan fingerprint density at radius 3 is 2.90 bits per heavy atom. The summed E-state index contributed by atoms with van der Waals surface area (Å²) in [4.78, 5) is 21.7. The first-order valence-corrected chi connectivity index (χ1v) is 7.77. The molecule has 112 valence electrons. The van der Waals surface area contributed by atoms with Crippen molar-refractivity contribution in [2.45, 2.75) is 39.3 Å². The fourth-order valence-corrected chi connectivity index (χ4v) is 2.86. The molecule has 0 aromatic carbocycles. The van der Waals surface area contributed by atoms with Crippen LogP contribution in [0.5, 0.6) is 0 Å². The fourth-order valence-electron chi connectivity index (χ4n) is 2.55. The molecule has 1 N–H and O–H groups in total. The lowest BCUT2D eigenvalue weighted by Crippen LogP contribution is -2.39. The molecule has 0 aliphatic carbocycles. The van der Waals surface area contributed by atoms with E-state index in [0.717, 1.165) is 33.3 Å². The van der Waals surface area contributed by atoms with Crippen LogP contribution in [0.4, 0.5) is 4.79 Å². The van der Waals surface area contributed by atoms with Gasteiger partial charge in [-0.05, 0) is 48.8 Å². The number of aromatic nitrogens is 2. The van der Waals surface area contributed by atoms with Crippen molar-refractivity contribution in [1.29, 1.82) is 0 Å². The first-order chi connectivity index (χ1) is 9.83. The summed E-state index contributed by atoms with van der Waals surface area (Å²) in [5.41, 5.74) is 2.70. The molecule has 6 heteroatoms. The zero-order valence-corrected chi connectivity index (χ0v) is 14.0. The summed E-state index contributed by atoms with van der Waals surface area (Å²) in [7, 11) is 0. The molecule has 1 aliphatic rings. The van der Waals surface area contributed by atoms with Crippen LogP contribution in [-0.2, 0) is 17.7 Å². The largest absolute Gasteiger partial charge is 0.444 e. The van der Waals surface area contributed by atoms with Crippen LogP contribution in [0, 0.1) is 0 Å². The number of halogens is 1. The third kappa shape index (κ3) is 2.90. The van der Waals surface area contributed by atoms with E-state index in [1.165, 1.54) is 0 Å². The molecule has 1 amide bonds. The summed E-state index contributed by atoms with van der Waals surface area (Å²) < 4.78 is 6.26. The maximum absolute atomic E-state index is 12.2. The Balaban J connectivity index is 1.88. The summed E-state index contributed by atoms with van der Waals surface area (Å²) in [6.07, 6.45) is 0.537. The second-order valence-corrected chi connectivity index (χ2v) is 7.08. The molecule has 2 aromatic rings. The molecule has 0 unspecified atom stereocenters. The van der Waals surface area contributed by atoms with E-state index < -0.39 is 5.60 Å². The van der Waals surface area contributed by atoms with E-state index in [1.807, 2.05) is 32.9 Å². The smallest absolute Gasteiger partial charge is 0.410 e. The predicted molar refractivity (Wildman–Crippen MR) is 84.1 cm³/mol. The highest BCUT2D eigenvalue weighted by Crippen LogP contribution is 2.28. The van der Waals surface area contributed by atoms with Crippen molar-refractivity contribution in [2.75, 3.05) is 6.54 Å². The minimum absolute atomic E-state index is 0.257. The minimum Gasteiger partial charge on any atom is -0.444 e. The number of rotatable bonds is 0. The van der Waals surface area contributed by atoms with E-state index >= 15 is 0 Å². The highest BCUT2D eigenvalue weighted by molar-refractivity contribution is 9.10. The molecule has 2 aromatic heterocycles. The van der Waals surface area contributed by atoms with Crippen LogP contribution in [0.1, 0.15) is 32.0 Å². The van der Waals surface area contributed by atoms with Crippen LogP contribution >= 0.6 is 15.9 Å². The number of aromatic amines is 1. The van der Waals surface area contributed by atoms with Gasteiger partial charge in [0.05, 0.1) is 6.54 Å². The van der Waals surface area contributed by atoms with Gasteiger partial charge in [0.25, 0.3) is 0 Å². The number of fused-ring (bicyclic) bond motifs is 3. The summed E-state index contributed by atoms with van der Waals surface area (Å²) in [5.74, 6) is 0. The number of H-pyrrole nitrogens is 1. The van der Waals surface area contributed by atoms with E-state index in [-0.39, 0.29) is 6.09 Å². The number of nitrogens with one attached hydrogen (secondary N) is 1. The summed E-state index contributed by atoms with van der Waals surface area (Å²) in [6, 6.07) is 3.95. The lowest BCUT2D eigenvalue weighted by molar-refractivity contribution is 0.0224. The van der Waals surface area contributed by atoms with E-state index in [1.54, 1.807) is 4.90 Å². The molecular weight excluding hydrogens is 334 g/mol. The Morgan fingerprint density at radius 1 is 1.43 bits per heavy atom. The number of pyridine rings is 1. The van der Waals surface area contributed by atoms with Crippen LogP contribution in [0.3, 0.4) is 0 Å². The van der Waals surface area contributed by atoms with Gasteiger partial charge >= 0.3 is 6.09 Å². The monoisotopic (exact) mass is 351 g/mol. The normalized spacial score (nSPS) is 15.1. The molecule has 3 rings (SSSR count). The Labute approximate surface area is 131 Å². The number of nitrogens with zero attached hydrogens (tertiary/aromatic N) is 2. The summed E-state index contributed by atoms with van der Waals surface area (Å²) in [5, 5.41) is 1.07. The van der Waals surface area contributed by atoms with Crippen molar-refractivity contribution in [2.24, 2.45) is 0 Å². The molecule has 21 heavy (non-hydrogen) atoms. The second kappa shape index (κ2) is 5.02. The number of carbonyl (C=O) groups excluding carboxylic acids is 1. The highest BCUT2D eigenvalue weighted by atomic mass is 79.9. The summed E-state index contributed by atoms with van der Waals surface area (Å²) >= 11 is 3.38. The van der Waals surface area contributed by atoms with Crippen molar-refractivity contribution in [3.63, 3.8) is 0 Å². The number of hydrogen-bond donors (Lipinski definition) is 1. The SMILES string of the molecule is CC(C)(C)OC(=O)N1CCc2[nH]c3nc(Br)ccc3c2C1. The van der Waals surface area contributed by atoms with Gasteiger partial charge in [0.1, 0.15) is 15.9 Å². The summed E-state index contributed by atoms with van der Waals surface area (Å²) in [6.45, 7) is 6.87. The van der Waals surface area contributed by atoms with Gasteiger partial charge in [0.2, 0.25) is 0 Å². The Kier molecular flexibility index (Phi) is 3.43. The Bertz CT molecular complexity index is 703. The Morgan fingerprint density at radius 2 is 2.19 bits per heavy atom. The third-order valence-electron chi connectivity index (χ3n) is 3.45. The van der Waals surface area contributed by atoms with Crippen LogP contribution in [-0.4, -0.2) is 33.1 Å². The van der Waals surface area contributed by atoms with E-state index in [2.05, 4.69) is 25.9 Å². The molecule has 3 heterocycles. The predicted octanol–water partition coefficient (Wildman–Crippen LogP) is 3.62. The molecular formula is C15H18BrN3O2. The number of ether oxygens (including phenoxy) is 1. The molecule has 5 nitrogen and oxygen atoms in total. The van der Waals surface area contributed by atoms with Gasteiger partial charge in [-0.1, -0.05) is 0 Å². The zero-order valence-electron chi connectivity index (χ0n) is 12.4. The Hall–Kier alpha value is -1.56. The maximum Gasteiger partial charge on any atom is 0.410 e. The van der Waals surface area contributed by atoms with Gasteiger partial charge in [-0.15, -0.1) is 0 Å². The van der Waals surface area contributed by atoms with E-state index in [0.29, 0.717) is 13.1 Å². The molecule has 1 aliphatic heterocycles. The molecule has 0 radical (unpaired) electrons. The van der Waals surface area contributed by atoms with E-state index in [9.17, 15) is 4.79 Å². The standard InChI is InChI=1S/C15H18BrN3O2/c1-15(2,3)21-14(20)19-7-6-11-10(8-19)9-4-5-12(16)18-13(9)17-11/h4-5H,6-8H2,1-3H3,(H,17,18). The molecule has 0 bridgehead atoms. The van der Waals surface area contributed by atoms with Gasteiger partial charge in [0.15, 0.2) is 0 Å². The average Bonchev–Trinajstić information content (AvgIpc) is 2.72. The first kappa shape index (κ1) is 14.4. The molecule has 0 saturated carbocycles. The number of amides is 1. The van der Waals surface area contributed by atoms with Gasteiger partial charge in [0, 0.05) is 29.6 Å². The third-order valence-corrected chi connectivity index (χ3v) is 3.89. The maximum atomic E-state index is 12.2. The lowest BCUT2D eigenvalue weighted by Gasteiger charge is -2.30. The molecule has 0 spiro atoms. The van der Waals surface area contributed by atoms with Crippen LogP contribution in [0.2, 0.25) is 0 Å². The van der Waals surface area contributed by atoms with Crippen LogP contribution in [0.15, 0.2) is 16.7 Å². The molecule has 0 saturated heterocycles. The average molecular weight is 352 g/mol. The minimum atomic E-state index is -0.468. The van der Waals surface area contributed by atoms with Crippen molar-refractivity contribution in [1.82, 2.24) is 14.9 Å². The van der Waals surface area contributed by atoms with Crippen LogP contribution < -0.4 is 0 Å². The van der Waals surface area contributed by atoms with Crippen molar-refractivity contribution in [3.05, 3.63) is 28.0 Å². The van der Waals surface area contributed by atoms with Crippen molar-refractivity contribution in [3.8, 4) is 0 Å². The lowest BCUT2D eigenvalue weighted by atomic mass is 10.1. The molecule has 0 atom stereocenters. The highest BCUT2D eigenvalue weighted by Gasteiger charge is 2.27. The second-order valence-electron chi connectivity index (χ2n) is 6.26. The topological polar surface area (TPSA) is 58.2 Å². The van der Waals surface area contributed by atoms with Crippen LogP contribution in [0.25, 0.3) is 11.0 Å². The van der Waals surface area contributed by atoms with Gasteiger partial charge < -0.3 is 14.6 Å². The number of hydrogen-bond acceptors (Lipinski definition) is 3. The number of carbonyl (C=O) groups is 1. The first-order valence-electron chi connectivity index (χ1n) is 6.97. The van der Waals surface area contributed by atoms with E-state index in [4.69, 9.17) is 4.74 Å². The fraction of sp³-hybridized carbons (Fsp3) is 0.467. The van der Waals surface area contributed by atoms with Crippen molar-refractivity contribution < 1.29 is 9.53 Å². The quantitative estimate of drug-likeness (QED) is 0.737. The van der Waals surface area contributed by atoms with Gasteiger partial charge in [-0.3, -0.25) is 0 Å². The molecule has 0 fully saturated rings. The van der Waals surface area contributed by atoms with Crippen molar-refractivity contribution >= 4 is 33.1 Å². The van der Waals surface area contributed by atoms with Gasteiger partial charge in [-0.25, -0.2) is 9.78 Å².